The Morgan fingerprint density at radius 1 is 1.11 bits per heavy atom. The van der Waals surface area contributed by atoms with Crippen molar-refractivity contribution in [3.05, 3.63) is 66.4 Å². The monoisotopic (exact) mass is 502 g/mol. The van der Waals surface area contributed by atoms with Crippen LogP contribution in [0.25, 0.3) is 0 Å². The zero-order chi connectivity index (χ0) is 13.3. The van der Waals surface area contributed by atoms with Gasteiger partial charge in [0, 0.05) is 3.57 Å². The van der Waals surface area contributed by atoms with Gasteiger partial charge in [0.2, 0.25) is 0 Å². The number of halogens is 5. The highest BCUT2D eigenvalue weighted by atomic mass is 127. The van der Waals surface area contributed by atoms with Crippen LogP contribution < -0.4 is 0 Å². The smallest absolute Gasteiger partial charge is 0.137 e. The first-order valence-corrected chi connectivity index (χ1v) is 8.19. The summed E-state index contributed by atoms with van der Waals surface area (Å²) in [6.45, 7) is 0. The minimum absolute atomic E-state index is 0.0103. The molecule has 1 atom stereocenters. The van der Waals surface area contributed by atoms with Gasteiger partial charge in [-0.25, -0.2) is 4.39 Å². The summed E-state index contributed by atoms with van der Waals surface area (Å²) in [5.74, 6) is -0.265. The van der Waals surface area contributed by atoms with Gasteiger partial charge in [0.15, 0.2) is 0 Å². The van der Waals surface area contributed by atoms with Crippen molar-refractivity contribution in [2.45, 2.75) is 4.83 Å². The maximum Gasteiger partial charge on any atom is 0.137 e. The van der Waals surface area contributed by atoms with E-state index in [1.807, 2.05) is 18.2 Å². The van der Waals surface area contributed by atoms with Crippen LogP contribution >= 0.6 is 66.1 Å². The number of benzene rings is 2. The molecule has 0 N–H and O–H groups in total. The summed E-state index contributed by atoms with van der Waals surface area (Å²) in [7, 11) is 0. The van der Waals surface area contributed by atoms with Crippen molar-refractivity contribution in [1.29, 1.82) is 0 Å². The van der Waals surface area contributed by atoms with E-state index >= 15 is 0 Å². The molecule has 0 amide bonds. The molecule has 0 radical (unpaired) electrons. The molecule has 2 aromatic carbocycles. The van der Waals surface area contributed by atoms with E-state index in [1.54, 1.807) is 12.1 Å². The molecule has 2 aromatic rings. The maximum absolute atomic E-state index is 13.2. The number of rotatable bonds is 2. The Kier molecular flexibility index (Phi) is 5.08. The second-order valence-electron chi connectivity index (χ2n) is 3.71. The van der Waals surface area contributed by atoms with Crippen molar-refractivity contribution in [3.63, 3.8) is 0 Å². The van der Waals surface area contributed by atoms with E-state index in [0.717, 1.165) is 19.7 Å². The van der Waals surface area contributed by atoms with Crippen molar-refractivity contribution in [1.82, 2.24) is 0 Å². The van der Waals surface area contributed by atoms with Crippen LogP contribution in [0.15, 0.2) is 40.9 Å². The van der Waals surface area contributed by atoms with E-state index < -0.39 is 0 Å². The van der Waals surface area contributed by atoms with Gasteiger partial charge in [-0.15, -0.1) is 0 Å². The SMILES string of the molecule is Fc1ccc(C(Br)c2ccc(I)c(Cl)c2)cc1Br. The molecular weight excluding hydrogens is 497 g/mol. The van der Waals surface area contributed by atoms with Crippen LogP contribution in [0, 0.1) is 9.39 Å². The Hall–Kier alpha value is 0.350. The molecule has 94 valence electrons. The van der Waals surface area contributed by atoms with E-state index in [-0.39, 0.29) is 10.6 Å². The van der Waals surface area contributed by atoms with Crippen molar-refractivity contribution in [2.24, 2.45) is 0 Å². The Morgan fingerprint density at radius 3 is 2.33 bits per heavy atom. The van der Waals surface area contributed by atoms with Gasteiger partial charge in [-0.1, -0.05) is 39.7 Å². The molecule has 0 saturated carbocycles. The maximum atomic E-state index is 13.2. The quantitative estimate of drug-likeness (QED) is 0.331. The summed E-state index contributed by atoms with van der Waals surface area (Å²) in [5, 5.41) is 0.721. The van der Waals surface area contributed by atoms with Crippen molar-refractivity contribution >= 4 is 66.1 Å². The van der Waals surface area contributed by atoms with Crippen LogP contribution in [-0.2, 0) is 0 Å². The first kappa shape index (κ1) is 14.8. The largest absolute Gasteiger partial charge is 0.206 e. The lowest BCUT2D eigenvalue weighted by atomic mass is 10.1. The molecule has 0 aliphatic rings. The summed E-state index contributed by atoms with van der Waals surface area (Å²) in [6.07, 6.45) is 0. The van der Waals surface area contributed by atoms with Gasteiger partial charge < -0.3 is 0 Å². The van der Waals surface area contributed by atoms with E-state index in [4.69, 9.17) is 11.6 Å². The number of alkyl halides is 1. The number of hydrogen-bond acceptors (Lipinski definition) is 0. The Bertz CT molecular complexity index is 538. The van der Waals surface area contributed by atoms with Crippen molar-refractivity contribution < 1.29 is 4.39 Å². The average molecular weight is 504 g/mol. The predicted octanol–water partition coefficient (Wildman–Crippen LogP) is 6.33. The summed E-state index contributed by atoms with van der Waals surface area (Å²) < 4.78 is 14.7. The van der Waals surface area contributed by atoms with Gasteiger partial charge >= 0.3 is 0 Å². The summed E-state index contributed by atoms with van der Waals surface area (Å²) in [6, 6.07) is 10.9. The highest BCUT2D eigenvalue weighted by Crippen LogP contribution is 2.34. The molecule has 0 saturated heterocycles. The zero-order valence-corrected chi connectivity index (χ0v) is 15.0. The molecule has 0 nitrogen and oxygen atoms in total. The van der Waals surface area contributed by atoms with Crippen LogP contribution in [0.2, 0.25) is 5.02 Å². The Labute approximate surface area is 140 Å². The van der Waals surface area contributed by atoms with Gasteiger partial charge in [0.25, 0.3) is 0 Å². The Balaban J connectivity index is 2.37. The van der Waals surface area contributed by atoms with Crippen molar-refractivity contribution in [3.8, 4) is 0 Å². The minimum Gasteiger partial charge on any atom is -0.206 e. The first-order chi connectivity index (χ1) is 8.49. The highest BCUT2D eigenvalue weighted by Gasteiger charge is 2.13. The van der Waals surface area contributed by atoms with E-state index in [9.17, 15) is 4.39 Å². The summed E-state index contributed by atoms with van der Waals surface area (Å²) in [5.41, 5.74) is 2.01. The highest BCUT2D eigenvalue weighted by molar-refractivity contribution is 14.1. The molecule has 1 unspecified atom stereocenters. The molecule has 0 fully saturated rings. The molecule has 0 spiro atoms. The fraction of sp³-hybridized carbons (Fsp3) is 0.0769. The van der Waals surface area contributed by atoms with E-state index in [2.05, 4.69) is 54.5 Å². The topological polar surface area (TPSA) is 0 Å². The minimum atomic E-state index is -0.265. The molecule has 0 aliphatic carbocycles. The molecule has 2 rings (SSSR count). The Morgan fingerprint density at radius 2 is 1.72 bits per heavy atom. The second-order valence-corrected chi connectivity index (χ2v) is 7.05. The molecule has 5 heteroatoms. The van der Waals surface area contributed by atoms with Crippen LogP contribution in [0.3, 0.4) is 0 Å². The second kappa shape index (κ2) is 6.20. The van der Waals surface area contributed by atoms with Gasteiger partial charge in [-0.05, 0) is 73.9 Å². The third kappa shape index (κ3) is 3.26. The lowest BCUT2D eigenvalue weighted by Crippen LogP contribution is -1.94. The van der Waals surface area contributed by atoms with Crippen LogP contribution in [0.4, 0.5) is 4.39 Å². The average Bonchev–Trinajstić information content (AvgIpc) is 2.35. The summed E-state index contributed by atoms with van der Waals surface area (Å²) in [4.78, 5) is -0.0103. The predicted molar refractivity (Wildman–Crippen MR) is 89.0 cm³/mol. The van der Waals surface area contributed by atoms with Gasteiger partial charge in [0.05, 0.1) is 14.3 Å². The van der Waals surface area contributed by atoms with Crippen LogP contribution in [-0.4, -0.2) is 0 Å². The van der Waals surface area contributed by atoms with Crippen LogP contribution in [0.5, 0.6) is 0 Å². The van der Waals surface area contributed by atoms with Gasteiger partial charge in [-0.3, -0.25) is 0 Å². The zero-order valence-electron chi connectivity index (χ0n) is 8.93. The molecule has 0 aromatic heterocycles. The third-order valence-corrected chi connectivity index (χ3v) is 5.71. The summed E-state index contributed by atoms with van der Waals surface area (Å²) >= 11 is 15.1. The molecular formula is C13H7Br2ClFI. The van der Waals surface area contributed by atoms with E-state index in [1.165, 1.54) is 6.07 Å². The van der Waals surface area contributed by atoms with E-state index in [0.29, 0.717) is 4.47 Å². The third-order valence-electron chi connectivity index (χ3n) is 2.47. The molecule has 18 heavy (non-hydrogen) atoms. The fourth-order valence-electron chi connectivity index (χ4n) is 1.53. The normalized spacial score (nSPS) is 12.5. The lowest BCUT2D eigenvalue weighted by Gasteiger charge is -2.12. The lowest BCUT2D eigenvalue weighted by molar-refractivity contribution is 0.620. The molecule has 0 bridgehead atoms. The molecule has 0 heterocycles. The van der Waals surface area contributed by atoms with Gasteiger partial charge in [-0.2, -0.15) is 0 Å². The first-order valence-electron chi connectivity index (χ1n) is 5.03. The standard InChI is InChI=1S/C13H7Br2ClFI/c14-9-5-7(1-3-11(9)17)13(15)8-2-4-12(18)10(16)6-8/h1-6,13H. The van der Waals surface area contributed by atoms with Crippen molar-refractivity contribution in [2.75, 3.05) is 0 Å². The fourth-order valence-corrected chi connectivity index (χ4v) is 3.02. The number of hydrogen-bond donors (Lipinski definition) is 0. The van der Waals surface area contributed by atoms with Gasteiger partial charge in [0.1, 0.15) is 5.82 Å². The van der Waals surface area contributed by atoms with Crippen LogP contribution in [0.1, 0.15) is 16.0 Å². The molecule has 0 aliphatic heterocycles.